The second kappa shape index (κ2) is 5.08. The van der Waals surface area contributed by atoms with Gasteiger partial charge in [0.25, 0.3) is 0 Å². The van der Waals surface area contributed by atoms with Crippen LogP contribution >= 0.6 is 11.6 Å². The Balaban J connectivity index is 2.52. The summed E-state index contributed by atoms with van der Waals surface area (Å²) in [5.74, 6) is -1.26. The number of furan rings is 1. The Morgan fingerprint density at radius 2 is 1.94 bits per heavy atom. The topological polar surface area (TPSA) is 25.2 Å². The number of rotatable bonds is 3. The van der Waals surface area contributed by atoms with Gasteiger partial charge in [0.1, 0.15) is 5.76 Å². The molecule has 1 aromatic carbocycles. The lowest BCUT2D eigenvalue weighted by atomic mass is 10.0. The monoisotopic (exact) mass is 271 g/mol. The number of nitrogens with one attached hydrogen (secondary N) is 1. The van der Waals surface area contributed by atoms with Crippen LogP contribution in [0.3, 0.4) is 0 Å². The highest BCUT2D eigenvalue weighted by Crippen LogP contribution is 2.31. The molecule has 0 aliphatic rings. The van der Waals surface area contributed by atoms with Gasteiger partial charge in [-0.15, -0.1) is 0 Å². The fourth-order valence-corrected chi connectivity index (χ4v) is 2.13. The molecular formula is C13H12ClF2NO. The molecule has 0 spiro atoms. The first-order chi connectivity index (χ1) is 8.54. The molecule has 18 heavy (non-hydrogen) atoms. The van der Waals surface area contributed by atoms with Crippen molar-refractivity contribution in [1.82, 2.24) is 5.32 Å². The van der Waals surface area contributed by atoms with E-state index in [0.29, 0.717) is 11.3 Å². The van der Waals surface area contributed by atoms with Gasteiger partial charge in [0.05, 0.1) is 12.3 Å². The average Bonchev–Trinajstić information content (AvgIpc) is 2.73. The first-order valence-corrected chi connectivity index (χ1v) is 5.78. The molecule has 96 valence electrons. The molecule has 0 aliphatic heterocycles. The highest BCUT2D eigenvalue weighted by molar-refractivity contribution is 6.31. The Bertz CT molecular complexity index is 568. The van der Waals surface area contributed by atoms with Crippen LogP contribution in [0.15, 0.2) is 28.9 Å². The van der Waals surface area contributed by atoms with Crippen molar-refractivity contribution >= 4 is 11.6 Å². The molecule has 0 fully saturated rings. The Hall–Kier alpha value is -1.39. The van der Waals surface area contributed by atoms with Gasteiger partial charge in [0.15, 0.2) is 11.6 Å². The Morgan fingerprint density at radius 1 is 1.28 bits per heavy atom. The van der Waals surface area contributed by atoms with E-state index in [4.69, 9.17) is 16.0 Å². The largest absolute Gasteiger partial charge is 0.467 e. The van der Waals surface area contributed by atoms with E-state index in [-0.39, 0.29) is 5.02 Å². The molecule has 0 saturated heterocycles. The standard InChI is InChI=1S/C13H12ClF2NO/c1-7-3-4-18-13(7)12(17-2)8-5-10(15)11(16)6-9(8)14/h3-6,12,17H,1-2H3. The molecule has 1 heterocycles. The molecule has 0 amide bonds. The smallest absolute Gasteiger partial charge is 0.160 e. The summed E-state index contributed by atoms with van der Waals surface area (Å²) >= 11 is 5.96. The molecule has 0 saturated carbocycles. The van der Waals surface area contributed by atoms with Crippen molar-refractivity contribution in [2.75, 3.05) is 7.05 Å². The van der Waals surface area contributed by atoms with E-state index in [0.717, 1.165) is 17.7 Å². The quantitative estimate of drug-likeness (QED) is 0.859. The van der Waals surface area contributed by atoms with Crippen molar-refractivity contribution in [2.24, 2.45) is 0 Å². The van der Waals surface area contributed by atoms with E-state index in [9.17, 15) is 8.78 Å². The van der Waals surface area contributed by atoms with Gasteiger partial charge in [-0.2, -0.15) is 0 Å². The summed E-state index contributed by atoms with van der Waals surface area (Å²) in [6, 6.07) is 3.44. The average molecular weight is 272 g/mol. The zero-order valence-corrected chi connectivity index (χ0v) is 10.7. The molecular weight excluding hydrogens is 260 g/mol. The third-order valence-corrected chi connectivity index (χ3v) is 3.13. The maximum Gasteiger partial charge on any atom is 0.160 e. The SMILES string of the molecule is CNC(c1cc(F)c(F)cc1Cl)c1occc1C. The number of hydrogen-bond donors (Lipinski definition) is 1. The van der Waals surface area contributed by atoms with Gasteiger partial charge >= 0.3 is 0 Å². The number of aryl methyl sites for hydroxylation is 1. The van der Waals surface area contributed by atoms with Crippen LogP contribution in [-0.4, -0.2) is 7.05 Å². The third kappa shape index (κ3) is 2.26. The normalized spacial score (nSPS) is 12.7. The van der Waals surface area contributed by atoms with Crippen LogP contribution in [0.4, 0.5) is 8.78 Å². The first kappa shape index (κ1) is 13.1. The second-order valence-electron chi connectivity index (χ2n) is 3.98. The van der Waals surface area contributed by atoms with Crippen molar-refractivity contribution in [2.45, 2.75) is 13.0 Å². The third-order valence-electron chi connectivity index (χ3n) is 2.80. The predicted molar refractivity (Wildman–Crippen MR) is 65.7 cm³/mol. The zero-order chi connectivity index (χ0) is 13.3. The predicted octanol–water partition coefficient (Wildman–Crippen LogP) is 3.83. The Labute approximate surface area is 109 Å². The van der Waals surface area contributed by atoms with Crippen LogP contribution in [0.1, 0.15) is 22.9 Å². The van der Waals surface area contributed by atoms with E-state index in [2.05, 4.69) is 5.32 Å². The van der Waals surface area contributed by atoms with Crippen molar-refractivity contribution in [3.05, 3.63) is 58.0 Å². The van der Waals surface area contributed by atoms with Crippen LogP contribution in [0.25, 0.3) is 0 Å². The van der Waals surface area contributed by atoms with E-state index in [1.165, 1.54) is 0 Å². The minimum atomic E-state index is -0.963. The van der Waals surface area contributed by atoms with E-state index >= 15 is 0 Å². The molecule has 1 N–H and O–H groups in total. The molecule has 2 rings (SSSR count). The van der Waals surface area contributed by atoms with Gasteiger partial charge in [0, 0.05) is 5.02 Å². The van der Waals surface area contributed by atoms with Gasteiger partial charge < -0.3 is 9.73 Å². The van der Waals surface area contributed by atoms with Crippen LogP contribution in [0.2, 0.25) is 5.02 Å². The number of benzene rings is 1. The lowest BCUT2D eigenvalue weighted by Crippen LogP contribution is -2.18. The lowest BCUT2D eigenvalue weighted by molar-refractivity contribution is 0.456. The number of halogens is 3. The number of hydrogen-bond acceptors (Lipinski definition) is 2. The van der Waals surface area contributed by atoms with Crippen molar-refractivity contribution in [3.63, 3.8) is 0 Å². The summed E-state index contributed by atoms with van der Waals surface area (Å²) < 4.78 is 31.7. The van der Waals surface area contributed by atoms with Crippen molar-refractivity contribution in [1.29, 1.82) is 0 Å². The second-order valence-corrected chi connectivity index (χ2v) is 4.38. The fraction of sp³-hybridized carbons (Fsp3) is 0.231. The first-order valence-electron chi connectivity index (χ1n) is 5.40. The molecule has 0 bridgehead atoms. The minimum Gasteiger partial charge on any atom is -0.467 e. The molecule has 0 radical (unpaired) electrons. The molecule has 0 aliphatic carbocycles. The Morgan fingerprint density at radius 3 is 2.50 bits per heavy atom. The highest BCUT2D eigenvalue weighted by atomic mass is 35.5. The molecule has 1 unspecified atom stereocenters. The van der Waals surface area contributed by atoms with Gasteiger partial charge in [-0.25, -0.2) is 8.78 Å². The summed E-state index contributed by atoms with van der Waals surface area (Å²) in [5, 5.41) is 3.14. The van der Waals surface area contributed by atoms with Gasteiger partial charge in [-0.3, -0.25) is 0 Å². The Kier molecular flexibility index (Phi) is 3.68. The van der Waals surface area contributed by atoms with E-state index in [1.54, 1.807) is 19.4 Å². The maximum atomic E-state index is 13.3. The fourth-order valence-electron chi connectivity index (χ4n) is 1.87. The molecule has 1 aromatic heterocycles. The summed E-state index contributed by atoms with van der Waals surface area (Å²) in [6.07, 6.45) is 1.54. The highest BCUT2D eigenvalue weighted by Gasteiger charge is 2.22. The maximum absolute atomic E-state index is 13.3. The zero-order valence-electron chi connectivity index (χ0n) is 9.93. The van der Waals surface area contributed by atoms with E-state index < -0.39 is 17.7 Å². The summed E-state index contributed by atoms with van der Waals surface area (Å²) in [6.45, 7) is 1.87. The summed E-state index contributed by atoms with van der Waals surface area (Å²) in [5.41, 5.74) is 1.35. The van der Waals surface area contributed by atoms with Gasteiger partial charge in [-0.1, -0.05) is 11.6 Å². The molecule has 2 aromatic rings. The molecule has 5 heteroatoms. The van der Waals surface area contributed by atoms with Gasteiger partial charge in [0.2, 0.25) is 0 Å². The lowest BCUT2D eigenvalue weighted by Gasteiger charge is -2.17. The summed E-state index contributed by atoms with van der Waals surface area (Å²) in [4.78, 5) is 0. The van der Waals surface area contributed by atoms with Crippen molar-refractivity contribution < 1.29 is 13.2 Å². The molecule has 1 atom stereocenters. The van der Waals surface area contributed by atoms with Crippen LogP contribution in [0, 0.1) is 18.6 Å². The van der Waals surface area contributed by atoms with Crippen LogP contribution in [-0.2, 0) is 0 Å². The summed E-state index contributed by atoms with van der Waals surface area (Å²) in [7, 11) is 1.70. The van der Waals surface area contributed by atoms with Gasteiger partial charge in [-0.05, 0) is 43.3 Å². The molecule has 2 nitrogen and oxygen atoms in total. The van der Waals surface area contributed by atoms with Crippen LogP contribution in [0.5, 0.6) is 0 Å². The van der Waals surface area contributed by atoms with E-state index in [1.807, 2.05) is 6.92 Å². The van der Waals surface area contributed by atoms with Crippen molar-refractivity contribution in [3.8, 4) is 0 Å². The minimum absolute atomic E-state index is 0.157. The van der Waals surface area contributed by atoms with Crippen LogP contribution < -0.4 is 5.32 Å².